The fourth-order valence-corrected chi connectivity index (χ4v) is 3.50. The van der Waals surface area contributed by atoms with Crippen LogP contribution >= 0.6 is 12.6 Å². The van der Waals surface area contributed by atoms with Gasteiger partial charge in [-0.1, -0.05) is 116 Å². The largest absolute Gasteiger partial charge is 0.286 e. The van der Waals surface area contributed by atoms with Crippen molar-refractivity contribution in [1.82, 2.24) is 0 Å². The van der Waals surface area contributed by atoms with Gasteiger partial charge in [0.2, 0.25) is 5.12 Å². The summed E-state index contributed by atoms with van der Waals surface area (Å²) in [6, 6.07) is 2.03. The van der Waals surface area contributed by atoms with Crippen molar-refractivity contribution in [2.45, 2.75) is 122 Å². The molecule has 0 aromatic heterocycles. The number of hydrogen-bond acceptors (Lipinski definition) is 2. The summed E-state index contributed by atoms with van der Waals surface area (Å²) in [5.74, 6) is -0.500. The Labute approximate surface area is 162 Å². The van der Waals surface area contributed by atoms with E-state index in [1.54, 1.807) is 0 Å². The fourth-order valence-electron chi connectivity index (χ4n) is 3.32. The van der Waals surface area contributed by atoms with Crippen LogP contribution < -0.4 is 0 Å². The van der Waals surface area contributed by atoms with Crippen LogP contribution in [0.25, 0.3) is 0 Å². The molecule has 0 aliphatic carbocycles. The van der Waals surface area contributed by atoms with Crippen molar-refractivity contribution in [1.29, 1.82) is 5.26 Å². The highest BCUT2D eigenvalue weighted by Gasteiger charge is 2.12. The normalized spacial score (nSPS) is 12.0. The first-order valence-electron chi connectivity index (χ1n) is 10.8. The van der Waals surface area contributed by atoms with Gasteiger partial charge in [-0.2, -0.15) is 5.26 Å². The van der Waals surface area contributed by atoms with Crippen LogP contribution in [0.3, 0.4) is 0 Å². The molecule has 146 valence electrons. The van der Waals surface area contributed by atoms with E-state index in [-0.39, 0.29) is 5.12 Å². The lowest BCUT2D eigenvalue weighted by molar-refractivity contribution is -0.112. The summed E-state index contributed by atoms with van der Waals surface area (Å²) in [4.78, 5) is 11.0. The van der Waals surface area contributed by atoms with Crippen LogP contribution in [0.5, 0.6) is 0 Å². The maximum absolute atomic E-state index is 11.0. The Hall–Kier alpha value is -0.490. The summed E-state index contributed by atoms with van der Waals surface area (Å²) in [7, 11) is 0. The van der Waals surface area contributed by atoms with Crippen molar-refractivity contribution < 1.29 is 4.79 Å². The Morgan fingerprint density at radius 3 is 1.32 bits per heavy atom. The third kappa shape index (κ3) is 18.1. The number of rotatable bonds is 19. The Morgan fingerprint density at radius 1 is 0.720 bits per heavy atom. The highest BCUT2D eigenvalue weighted by Crippen LogP contribution is 2.16. The SMILES string of the molecule is CCCCCCCCCCCCCCCCCCCC(C#N)C(=O)S. The molecule has 0 aliphatic rings. The van der Waals surface area contributed by atoms with E-state index in [4.69, 9.17) is 5.26 Å². The molecule has 3 heteroatoms. The standard InChI is InChI=1S/C22H41NOS/c1-2-3-4-5-6-7-8-9-10-11-12-13-14-15-16-17-18-19-21(20-23)22(24)25/h21H,2-19H2,1H3,(H,24,25). The summed E-state index contributed by atoms with van der Waals surface area (Å²) in [6.45, 7) is 2.28. The van der Waals surface area contributed by atoms with Gasteiger partial charge in [-0.15, -0.1) is 12.6 Å². The lowest BCUT2D eigenvalue weighted by atomic mass is 10.0. The topological polar surface area (TPSA) is 40.9 Å². The Kier molecular flexibility index (Phi) is 19.4. The van der Waals surface area contributed by atoms with Crippen molar-refractivity contribution in [2.75, 3.05) is 0 Å². The predicted octanol–water partition coefficient (Wildman–Crippen LogP) is 7.62. The van der Waals surface area contributed by atoms with E-state index in [2.05, 4.69) is 19.6 Å². The number of carbonyl (C=O) groups excluding carboxylic acids is 1. The van der Waals surface area contributed by atoms with E-state index in [1.165, 1.54) is 96.3 Å². The van der Waals surface area contributed by atoms with Gasteiger partial charge in [-0.3, -0.25) is 4.79 Å². The van der Waals surface area contributed by atoms with Crippen LogP contribution in [-0.2, 0) is 4.79 Å². The Bertz CT molecular complexity index is 337. The third-order valence-electron chi connectivity index (χ3n) is 5.05. The maximum Gasteiger partial charge on any atom is 0.203 e. The minimum atomic E-state index is -0.500. The van der Waals surface area contributed by atoms with Crippen LogP contribution in [0.15, 0.2) is 0 Å². The molecule has 0 rings (SSSR count). The van der Waals surface area contributed by atoms with Gasteiger partial charge in [-0.25, -0.2) is 0 Å². The van der Waals surface area contributed by atoms with Crippen molar-refractivity contribution in [3.8, 4) is 6.07 Å². The first-order chi connectivity index (χ1) is 12.2. The van der Waals surface area contributed by atoms with Gasteiger partial charge in [-0.05, 0) is 6.42 Å². The molecule has 0 fully saturated rings. The van der Waals surface area contributed by atoms with Crippen LogP contribution in [0, 0.1) is 17.2 Å². The zero-order chi connectivity index (χ0) is 18.6. The second-order valence-electron chi connectivity index (χ2n) is 7.47. The number of unbranched alkanes of at least 4 members (excludes halogenated alkanes) is 16. The van der Waals surface area contributed by atoms with Crippen LogP contribution in [0.4, 0.5) is 0 Å². The van der Waals surface area contributed by atoms with Crippen molar-refractivity contribution in [3.05, 3.63) is 0 Å². The lowest BCUT2D eigenvalue weighted by Gasteiger charge is -2.05. The smallest absolute Gasteiger partial charge is 0.203 e. The van der Waals surface area contributed by atoms with E-state index < -0.39 is 5.92 Å². The van der Waals surface area contributed by atoms with Crippen molar-refractivity contribution >= 4 is 17.7 Å². The molecule has 1 unspecified atom stereocenters. The molecule has 0 aromatic carbocycles. The number of thiol groups is 1. The minimum absolute atomic E-state index is 0.279. The maximum atomic E-state index is 11.0. The quantitative estimate of drug-likeness (QED) is 0.188. The van der Waals surface area contributed by atoms with Crippen LogP contribution in [-0.4, -0.2) is 5.12 Å². The number of nitriles is 1. The highest BCUT2D eigenvalue weighted by molar-refractivity contribution is 7.96. The molecular weight excluding hydrogens is 326 g/mol. The molecule has 2 nitrogen and oxygen atoms in total. The van der Waals surface area contributed by atoms with E-state index in [1.807, 2.05) is 6.07 Å². The van der Waals surface area contributed by atoms with Crippen molar-refractivity contribution in [3.63, 3.8) is 0 Å². The molecule has 0 aliphatic heterocycles. The first-order valence-corrected chi connectivity index (χ1v) is 11.3. The predicted molar refractivity (Wildman–Crippen MR) is 112 cm³/mol. The molecule has 0 bridgehead atoms. The van der Waals surface area contributed by atoms with E-state index >= 15 is 0 Å². The van der Waals surface area contributed by atoms with Gasteiger partial charge in [0.25, 0.3) is 0 Å². The van der Waals surface area contributed by atoms with Crippen molar-refractivity contribution in [2.24, 2.45) is 5.92 Å². The van der Waals surface area contributed by atoms with E-state index in [0.717, 1.165) is 12.8 Å². The second kappa shape index (κ2) is 19.8. The zero-order valence-corrected chi connectivity index (χ0v) is 17.5. The van der Waals surface area contributed by atoms with Gasteiger partial charge >= 0.3 is 0 Å². The first kappa shape index (κ1) is 24.5. The van der Waals surface area contributed by atoms with Gasteiger partial charge < -0.3 is 0 Å². The zero-order valence-electron chi connectivity index (χ0n) is 16.6. The Morgan fingerprint density at radius 2 is 1.04 bits per heavy atom. The van der Waals surface area contributed by atoms with Gasteiger partial charge in [0.05, 0.1) is 6.07 Å². The molecule has 0 spiro atoms. The highest BCUT2D eigenvalue weighted by atomic mass is 32.1. The minimum Gasteiger partial charge on any atom is -0.286 e. The summed E-state index contributed by atoms with van der Waals surface area (Å²) in [6.07, 6.45) is 23.6. The van der Waals surface area contributed by atoms with Crippen LogP contribution in [0.1, 0.15) is 122 Å². The van der Waals surface area contributed by atoms with Gasteiger partial charge in [0, 0.05) is 0 Å². The van der Waals surface area contributed by atoms with E-state index in [0.29, 0.717) is 6.42 Å². The molecular formula is C22H41NOS. The summed E-state index contributed by atoms with van der Waals surface area (Å²) in [5.41, 5.74) is 0. The number of hydrogen-bond donors (Lipinski definition) is 1. The Balaban J connectivity index is 3.12. The number of carbonyl (C=O) groups is 1. The van der Waals surface area contributed by atoms with Gasteiger partial charge in [0.15, 0.2) is 0 Å². The molecule has 0 radical (unpaired) electrons. The molecule has 0 aromatic rings. The number of nitrogens with zero attached hydrogens (tertiary/aromatic N) is 1. The molecule has 1 atom stereocenters. The average Bonchev–Trinajstić information content (AvgIpc) is 2.60. The van der Waals surface area contributed by atoms with E-state index in [9.17, 15) is 4.79 Å². The molecule has 25 heavy (non-hydrogen) atoms. The molecule has 0 amide bonds. The fraction of sp³-hybridized carbons (Fsp3) is 0.909. The molecule has 0 heterocycles. The molecule has 0 saturated heterocycles. The average molecular weight is 368 g/mol. The second-order valence-corrected chi connectivity index (χ2v) is 7.91. The molecule has 0 saturated carbocycles. The van der Waals surface area contributed by atoms with Gasteiger partial charge in [0.1, 0.15) is 5.92 Å². The monoisotopic (exact) mass is 367 g/mol. The summed E-state index contributed by atoms with van der Waals surface area (Å²) < 4.78 is 0. The lowest BCUT2D eigenvalue weighted by Crippen LogP contribution is -2.05. The summed E-state index contributed by atoms with van der Waals surface area (Å²) in [5, 5.41) is 8.53. The summed E-state index contributed by atoms with van der Waals surface area (Å²) >= 11 is 3.75. The third-order valence-corrected chi connectivity index (χ3v) is 5.36. The van der Waals surface area contributed by atoms with Crippen LogP contribution in [0.2, 0.25) is 0 Å². The molecule has 0 N–H and O–H groups in total.